The van der Waals surface area contributed by atoms with Crippen LogP contribution >= 0.6 is 11.3 Å². The number of hydrogen-bond acceptors (Lipinski definition) is 3. The largest absolute Gasteiger partial charge is 0.302 e. The first-order chi connectivity index (χ1) is 10.1. The number of imidazole rings is 1. The van der Waals surface area contributed by atoms with Gasteiger partial charge < -0.3 is 5.32 Å². The number of fused-ring (bicyclic) bond motifs is 1. The molecule has 3 rings (SSSR count). The number of nitrogens with one attached hydrogen (secondary N) is 2. The minimum atomic E-state index is -0.0165. The summed E-state index contributed by atoms with van der Waals surface area (Å²) in [5.74, 6) is -0.0165. The van der Waals surface area contributed by atoms with Gasteiger partial charge in [0, 0.05) is 12.0 Å². The van der Waals surface area contributed by atoms with Crippen LogP contribution in [0, 0.1) is 13.8 Å². The molecule has 0 aliphatic rings. The molecule has 6 heteroatoms. The molecule has 0 spiro atoms. The molecule has 0 fully saturated rings. The van der Waals surface area contributed by atoms with E-state index in [1.54, 1.807) is 0 Å². The van der Waals surface area contributed by atoms with Crippen LogP contribution < -0.4 is 9.72 Å². The molecular formula is C15H17N4OS+. The molecule has 2 N–H and O–H groups in total. The van der Waals surface area contributed by atoms with Gasteiger partial charge in [0.05, 0.1) is 11.9 Å². The van der Waals surface area contributed by atoms with Gasteiger partial charge in [-0.15, -0.1) is 0 Å². The van der Waals surface area contributed by atoms with Gasteiger partial charge in [0.25, 0.3) is 5.65 Å². The average Bonchev–Trinajstić information content (AvgIpc) is 3.03. The summed E-state index contributed by atoms with van der Waals surface area (Å²) in [5, 5.41) is 3.46. The molecule has 3 aromatic heterocycles. The fourth-order valence-electron chi connectivity index (χ4n) is 2.23. The second kappa shape index (κ2) is 5.29. The van der Waals surface area contributed by atoms with Crippen LogP contribution in [0.25, 0.3) is 16.2 Å². The minimum Gasteiger partial charge on any atom is -0.302 e. The van der Waals surface area contributed by atoms with Gasteiger partial charge in [-0.2, -0.15) is 0 Å². The van der Waals surface area contributed by atoms with Gasteiger partial charge in [-0.1, -0.05) is 18.3 Å². The van der Waals surface area contributed by atoms with Crippen molar-refractivity contribution in [2.75, 3.05) is 5.32 Å². The van der Waals surface area contributed by atoms with Gasteiger partial charge in [-0.25, -0.2) is 14.4 Å². The van der Waals surface area contributed by atoms with Crippen LogP contribution in [0.1, 0.15) is 24.6 Å². The Morgan fingerprint density at radius 2 is 2.29 bits per heavy atom. The van der Waals surface area contributed by atoms with Gasteiger partial charge in [-0.3, -0.25) is 4.79 Å². The third-order valence-electron chi connectivity index (χ3n) is 3.35. The first kappa shape index (κ1) is 13.8. The summed E-state index contributed by atoms with van der Waals surface area (Å²) in [6.07, 6.45) is 4.52. The molecule has 21 heavy (non-hydrogen) atoms. The molecule has 3 heterocycles. The Hall–Kier alpha value is -2.21. The molecule has 0 saturated carbocycles. The minimum absolute atomic E-state index is 0.0165. The highest BCUT2D eigenvalue weighted by Crippen LogP contribution is 2.31. The zero-order chi connectivity index (χ0) is 15.0. The third kappa shape index (κ3) is 2.54. The van der Waals surface area contributed by atoms with Crippen molar-refractivity contribution in [1.29, 1.82) is 0 Å². The molecule has 0 aromatic carbocycles. The van der Waals surface area contributed by atoms with E-state index in [0.717, 1.165) is 21.9 Å². The molecule has 5 nitrogen and oxygen atoms in total. The lowest BCUT2D eigenvalue weighted by Gasteiger charge is -1.95. The SMILES string of the molecule is CCC(=O)Nc1nc(C)c(-c2c[n+]3cccc(C)c3[nH]2)s1. The summed E-state index contributed by atoms with van der Waals surface area (Å²) in [7, 11) is 0. The van der Waals surface area contributed by atoms with E-state index in [-0.39, 0.29) is 5.91 Å². The predicted octanol–water partition coefficient (Wildman–Crippen LogP) is 2.84. The first-order valence-corrected chi connectivity index (χ1v) is 7.67. The quantitative estimate of drug-likeness (QED) is 0.731. The number of pyridine rings is 1. The number of aromatic amines is 1. The molecule has 0 atom stereocenters. The lowest BCUT2D eigenvalue weighted by molar-refractivity contribution is -0.509. The van der Waals surface area contributed by atoms with Crippen LogP contribution in [0.3, 0.4) is 0 Å². The van der Waals surface area contributed by atoms with E-state index in [2.05, 4.69) is 32.7 Å². The maximum absolute atomic E-state index is 11.5. The fourth-order valence-corrected chi connectivity index (χ4v) is 3.18. The lowest BCUT2D eigenvalue weighted by Crippen LogP contribution is -2.17. The number of H-pyrrole nitrogens is 1. The molecule has 0 aliphatic carbocycles. The van der Waals surface area contributed by atoms with Crippen molar-refractivity contribution in [1.82, 2.24) is 9.97 Å². The zero-order valence-electron chi connectivity index (χ0n) is 12.2. The Labute approximate surface area is 126 Å². The highest BCUT2D eigenvalue weighted by molar-refractivity contribution is 7.19. The van der Waals surface area contributed by atoms with Crippen molar-refractivity contribution in [3.8, 4) is 10.6 Å². The summed E-state index contributed by atoms with van der Waals surface area (Å²) in [5.41, 5.74) is 4.18. The first-order valence-electron chi connectivity index (χ1n) is 6.85. The monoisotopic (exact) mass is 301 g/mol. The number of aryl methyl sites for hydroxylation is 2. The molecule has 0 saturated heterocycles. The maximum atomic E-state index is 11.5. The van der Waals surface area contributed by atoms with Crippen LogP contribution in [0.4, 0.5) is 5.13 Å². The summed E-state index contributed by atoms with van der Waals surface area (Å²) in [6.45, 7) is 5.85. The second-order valence-corrected chi connectivity index (χ2v) is 5.95. The van der Waals surface area contributed by atoms with Gasteiger partial charge in [0.2, 0.25) is 5.91 Å². The van der Waals surface area contributed by atoms with E-state index in [0.29, 0.717) is 11.6 Å². The van der Waals surface area contributed by atoms with Crippen molar-refractivity contribution in [3.63, 3.8) is 0 Å². The number of carbonyl (C=O) groups excluding carboxylic acids is 1. The van der Waals surface area contributed by atoms with Gasteiger partial charge in [0.1, 0.15) is 11.1 Å². The third-order valence-corrected chi connectivity index (χ3v) is 4.46. The molecule has 0 aliphatic heterocycles. The van der Waals surface area contributed by atoms with E-state index in [4.69, 9.17) is 0 Å². The van der Waals surface area contributed by atoms with Gasteiger partial charge >= 0.3 is 0 Å². The Bertz CT molecular complexity index is 818. The number of anilines is 1. The summed E-state index contributed by atoms with van der Waals surface area (Å²) >= 11 is 1.49. The molecule has 0 unspecified atom stereocenters. The summed E-state index contributed by atoms with van der Waals surface area (Å²) in [4.78, 5) is 20.4. The normalized spacial score (nSPS) is 11.0. The Kier molecular flexibility index (Phi) is 3.47. The number of thiazole rings is 1. The number of aromatic nitrogens is 3. The van der Waals surface area contributed by atoms with Crippen molar-refractivity contribution < 1.29 is 9.20 Å². The van der Waals surface area contributed by atoms with Crippen molar-refractivity contribution >= 4 is 28.0 Å². The second-order valence-electron chi connectivity index (χ2n) is 4.95. The topological polar surface area (TPSA) is 61.9 Å². The summed E-state index contributed by atoms with van der Waals surface area (Å²) < 4.78 is 2.06. The van der Waals surface area contributed by atoms with Crippen molar-refractivity contribution in [3.05, 3.63) is 35.8 Å². The van der Waals surface area contributed by atoms with Gasteiger partial charge in [0.15, 0.2) is 10.8 Å². The highest BCUT2D eigenvalue weighted by atomic mass is 32.1. The standard InChI is InChI=1S/C15H16N4OS/c1-4-12(20)18-15-16-10(3)13(21-15)11-8-19-7-5-6-9(2)14(19)17-11/h5-8H,4H2,1-3H3,(H,16,18,20)/p+1. The maximum Gasteiger partial charge on any atom is 0.287 e. The number of nitrogens with zero attached hydrogens (tertiary/aromatic N) is 2. The van der Waals surface area contributed by atoms with E-state index in [1.807, 2.05) is 32.3 Å². The number of amides is 1. The Balaban J connectivity index is 2.02. The van der Waals surface area contributed by atoms with Crippen LogP contribution in [-0.2, 0) is 4.79 Å². The Morgan fingerprint density at radius 1 is 1.48 bits per heavy atom. The van der Waals surface area contributed by atoms with Crippen LogP contribution in [0.15, 0.2) is 24.5 Å². The van der Waals surface area contributed by atoms with Crippen molar-refractivity contribution in [2.45, 2.75) is 27.2 Å². The number of hydrogen-bond donors (Lipinski definition) is 2. The van der Waals surface area contributed by atoms with E-state index >= 15 is 0 Å². The zero-order valence-corrected chi connectivity index (χ0v) is 13.0. The predicted molar refractivity (Wildman–Crippen MR) is 83.5 cm³/mol. The molecular weight excluding hydrogens is 284 g/mol. The van der Waals surface area contributed by atoms with Crippen LogP contribution in [0.5, 0.6) is 0 Å². The highest BCUT2D eigenvalue weighted by Gasteiger charge is 2.18. The fraction of sp³-hybridized carbons (Fsp3) is 0.267. The van der Waals surface area contributed by atoms with Gasteiger partial charge in [-0.05, 0) is 26.0 Å². The molecule has 3 aromatic rings. The molecule has 0 bridgehead atoms. The van der Waals surface area contributed by atoms with E-state index in [9.17, 15) is 4.79 Å². The molecule has 1 amide bonds. The van der Waals surface area contributed by atoms with Crippen molar-refractivity contribution in [2.24, 2.45) is 0 Å². The van der Waals surface area contributed by atoms with Crippen LogP contribution in [0.2, 0.25) is 0 Å². The average molecular weight is 301 g/mol. The molecule has 0 radical (unpaired) electrons. The van der Waals surface area contributed by atoms with E-state index in [1.165, 1.54) is 16.9 Å². The number of carbonyl (C=O) groups is 1. The summed E-state index contributed by atoms with van der Waals surface area (Å²) in [6, 6.07) is 4.09. The Morgan fingerprint density at radius 3 is 3.00 bits per heavy atom. The lowest BCUT2D eigenvalue weighted by atomic mass is 10.3. The van der Waals surface area contributed by atoms with Crippen LogP contribution in [-0.4, -0.2) is 15.9 Å². The van der Waals surface area contributed by atoms with E-state index < -0.39 is 0 Å². The molecule has 108 valence electrons. The smallest absolute Gasteiger partial charge is 0.287 e. The number of rotatable bonds is 3.